The van der Waals surface area contributed by atoms with Gasteiger partial charge in [0.25, 0.3) is 0 Å². The van der Waals surface area contributed by atoms with Gasteiger partial charge in [-0.25, -0.2) is 0 Å². The van der Waals surface area contributed by atoms with Crippen LogP contribution in [-0.2, 0) is 4.43 Å². The third kappa shape index (κ3) is 5.27. The van der Waals surface area contributed by atoms with Crippen molar-refractivity contribution in [1.82, 2.24) is 20.6 Å². The average molecular weight is 471 g/mol. The fraction of sp³-hybridized carbons (Fsp3) is 0.542. The van der Waals surface area contributed by atoms with E-state index in [-0.39, 0.29) is 23.1 Å². The molecule has 33 heavy (non-hydrogen) atoms. The number of nitrogens with zero attached hydrogens (tertiary/aromatic N) is 3. The molecule has 3 aromatic rings. The van der Waals surface area contributed by atoms with Crippen LogP contribution in [0.3, 0.4) is 0 Å². The van der Waals surface area contributed by atoms with E-state index in [1.54, 1.807) is 6.07 Å². The van der Waals surface area contributed by atoms with E-state index in [0.29, 0.717) is 23.2 Å². The fourth-order valence-electron chi connectivity index (χ4n) is 3.67. The second kappa shape index (κ2) is 9.13. The quantitative estimate of drug-likeness (QED) is 0.336. The summed E-state index contributed by atoms with van der Waals surface area (Å²) in [7, 11) is -1.92. The van der Waals surface area contributed by atoms with Crippen molar-refractivity contribution in [2.24, 2.45) is 0 Å². The van der Waals surface area contributed by atoms with Gasteiger partial charge in [-0.1, -0.05) is 61.4 Å². The maximum atomic E-state index is 10.5. The normalized spacial score (nSPS) is 20.9. The lowest BCUT2D eigenvalue weighted by atomic mass is 9.80. The van der Waals surface area contributed by atoms with Crippen molar-refractivity contribution >= 4 is 8.32 Å². The van der Waals surface area contributed by atoms with E-state index in [4.69, 9.17) is 13.5 Å². The number of hydrogen-bond donors (Lipinski definition) is 2. The van der Waals surface area contributed by atoms with Gasteiger partial charge in [0, 0.05) is 23.6 Å². The third-order valence-electron chi connectivity index (χ3n) is 6.85. The largest absolute Gasteiger partial charge is 0.407 e. The Kier molecular flexibility index (Phi) is 6.59. The molecule has 1 fully saturated rings. The summed E-state index contributed by atoms with van der Waals surface area (Å²) < 4.78 is 17.3. The van der Waals surface area contributed by atoms with Gasteiger partial charge in [0.05, 0.1) is 0 Å². The summed E-state index contributed by atoms with van der Waals surface area (Å²) in [5.74, 6) is 2.04. The average Bonchev–Trinajstić information content (AvgIpc) is 3.40. The van der Waals surface area contributed by atoms with E-state index in [1.807, 2.05) is 37.3 Å². The summed E-state index contributed by atoms with van der Waals surface area (Å²) in [4.78, 5) is 4.61. The van der Waals surface area contributed by atoms with E-state index >= 15 is 0 Å². The van der Waals surface area contributed by atoms with Crippen molar-refractivity contribution in [3.63, 3.8) is 0 Å². The maximum Gasteiger partial charge on any atom is 0.229 e. The molecule has 9 heteroatoms. The topological polar surface area (TPSA) is 106 Å². The molecular formula is C24H34N4O4Si. The lowest BCUT2D eigenvalue weighted by Crippen LogP contribution is -2.42. The molecule has 0 bridgehead atoms. The lowest BCUT2D eigenvalue weighted by molar-refractivity contribution is 0.0866. The summed E-state index contributed by atoms with van der Waals surface area (Å²) in [5.41, 5.74) is 1.39. The highest BCUT2D eigenvalue weighted by atomic mass is 28.4. The first-order valence-electron chi connectivity index (χ1n) is 11.5. The molecule has 178 valence electrons. The molecule has 1 aliphatic rings. The van der Waals surface area contributed by atoms with Crippen LogP contribution in [0.4, 0.5) is 0 Å². The van der Waals surface area contributed by atoms with Gasteiger partial charge in [-0.15, -0.1) is 0 Å². The molecule has 1 aromatic carbocycles. The van der Waals surface area contributed by atoms with Gasteiger partial charge in [0.2, 0.25) is 5.89 Å². The summed E-state index contributed by atoms with van der Waals surface area (Å²) in [6, 6.07) is 11.6. The van der Waals surface area contributed by atoms with Gasteiger partial charge in [-0.05, 0) is 37.9 Å². The molecule has 0 aliphatic heterocycles. The Morgan fingerprint density at radius 3 is 2.48 bits per heavy atom. The minimum atomic E-state index is -1.92. The molecule has 2 unspecified atom stereocenters. The Morgan fingerprint density at radius 2 is 1.82 bits per heavy atom. The number of nitrogens with one attached hydrogen (secondary N) is 1. The van der Waals surface area contributed by atoms with Crippen molar-refractivity contribution in [3.8, 4) is 11.3 Å². The van der Waals surface area contributed by atoms with Gasteiger partial charge in [-0.2, -0.15) is 4.98 Å². The Morgan fingerprint density at radius 1 is 1.12 bits per heavy atom. The van der Waals surface area contributed by atoms with Crippen LogP contribution in [0.15, 0.2) is 45.4 Å². The smallest absolute Gasteiger partial charge is 0.229 e. The van der Waals surface area contributed by atoms with Crippen LogP contribution in [0.5, 0.6) is 0 Å². The zero-order valence-electron chi connectivity index (χ0n) is 20.2. The number of hydrogen-bond acceptors (Lipinski definition) is 8. The number of benzene rings is 1. The molecule has 0 saturated heterocycles. The molecule has 2 N–H and O–H groups in total. The lowest BCUT2D eigenvalue weighted by Gasteiger charge is -2.37. The number of aliphatic hydroxyl groups excluding tert-OH is 1. The number of aliphatic hydroxyl groups is 1. The first-order chi connectivity index (χ1) is 15.5. The molecule has 8 nitrogen and oxygen atoms in total. The highest BCUT2D eigenvalue weighted by molar-refractivity contribution is 6.74. The molecule has 1 aliphatic carbocycles. The zero-order valence-corrected chi connectivity index (χ0v) is 21.2. The summed E-state index contributed by atoms with van der Waals surface area (Å²) in [6.07, 6.45) is 0.512. The first-order valence-corrected chi connectivity index (χ1v) is 14.4. The highest BCUT2D eigenvalue weighted by Gasteiger charge is 2.40. The van der Waals surface area contributed by atoms with Crippen LogP contribution >= 0.6 is 0 Å². The van der Waals surface area contributed by atoms with Crippen molar-refractivity contribution in [3.05, 3.63) is 53.8 Å². The number of rotatable bonds is 8. The van der Waals surface area contributed by atoms with E-state index in [0.717, 1.165) is 18.4 Å². The van der Waals surface area contributed by atoms with Gasteiger partial charge in [-0.3, -0.25) is 5.32 Å². The second-order valence-corrected chi connectivity index (χ2v) is 15.2. The summed E-state index contributed by atoms with van der Waals surface area (Å²) >= 11 is 0. The van der Waals surface area contributed by atoms with E-state index < -0.39 is 14.5 Å². The highest BCUT2D eigenvalue weighted by Crippen LogP contribution is 2.40. The van der Waals surface area contributed by atoms with Crippen molar-refractivity contribution in [2.45, 2.75) is 83.0 Å². The van der Waals surface area contributed by atoms with Crippen LogP contribution in [0.2, 0.25) is 18.1 Å². The zero-order chi connectivity index (χ0) is 23.8. The predicted octanol–water partition coefficient (Wildman–Crippen LogP) is 5.33. The summed E-state index contributed by atoms with van der Waals surface area (Å²) in [6.45, 7) is 13.1. The molecule has 2 atom stereocenters. The molecule has 0 spiro atoms. The minimum absolute atomic E-state index is 0.118. The monoisotopic (exact) mass is 470 g/mol. The summed E-state index contributed by atoms with van der Waals surface area (Å²) in [5, 5.41) is 22.0. The number of aromatic nitrogens is 3. The molecule has 0 radical (unpaired) electrons. The van der Waals surface area contributed by atoms with E-state index in [2.05, 4.69) is 54.5 Å². The van der Waals surface area contributed by atoms with Crippen LogP contribution < -0.4 is 5.32 Å². The van der Waals surface area contributed by atoms with Crippen molar-refractivity contribution < 1.29 is 18.6 Å². The third-order valence-corrected chi connectivity index (χ3v) is 11.4. The van der Waals surface area contributed by atoms with E-state index in [1.165, 1.54) is 0 Å². The van der Waals surface area contributed by atoms with Crippen LogP contribution in [-0.4, -0.2) is 34.8 Å². The standard InChI is InChI=1S/C24H34N4O4Si/c1-15(32-33(5,6)24(2,3)4)21-26-23(31-28-21)17-12-18(13-17)25-22(29)19-14-20(30-27-19)16-10-8-7-9-11-16/h7-11,14-15,17-18,22,25,29H,12-13H2,1-6H3/t15?,17-,18+,22?. The van der Waals surface area contributed by atoms with E-state index in [9.17, 15) is 5.11 Å². The van der Waals surface area contributed by atoms with Crippen molar-refractivity contribution in [2.75, 3.05) is 0 Å². The molecule has 2 aromatic heterocycles. The Bertz CT molecular complexity index is 1050. The Balaban J connectivity index is 1.29. The van der Waals surface area contributed by atoms with Crippen molar-refractivity contribution in [1.29, 1.82) is 0 Å². The fourth-order valence-corrected chi connectivity index (χ4v) is 5.01. The molecule has 1 saturated carbocycles. The molecular weight excluding hydrogens is 436 g/mol. The maximum absolute atomic E-state index is 10.5. The Labute approximate surface area is 195 Å². The molecule has 2 heterocycles. The van der Waals surface area contributed by atoms with Crippen LogP contribution in [0.25, 0.3) is 11.3 Å². The van der Waals surface area contributed by atoms with Gasteiger partial charge in [0.15, 0.2) is 26.1 Å². The van der Waals surface area contributed by atoms with Gasteiger partial charge < -0.3 is 18.6 Å². The van der Waals surface area contributed by atoms with Crippen LogP contribution in [0, 0.1) is 0 Å². The molecule has 4 rings (SSSR count). The molecule has 0 amide bonds. The minimum Gasteiger partial charge on any atom is -0.407 e. The SMILES string of the molecule is CC(O[Si](C)(C)C(C)(C)C)c1noc([C@H]2C[C@@H](NC(O)c3cc(-c4ccccc4)on3)C2)n1. The van der Waals surface area contributed by atoms with Gasteiger partial charge in [0.1, 0.15) is 11.8 Å². The predicted molar refractivity (Wildman–Crippen MR) is 127 cm³/mol. The first kappa shape index (κ1) is 23.8. The van der Waals surface area contributed by atoms with Crippen LogP contribution in [0.1, 0.15) is 76.2 Å². The van der Waals surface area contributed by atoms with Gasteiger partial charge >= 0.3 is 0 Å². The Hall–Kier alpha value is -2.33. The second-order valence-electron chi connectivity index (χ2n) is 10.4.